The molecule has 0 unspecified atom stereocenters. The largest absolute Gasteiger partial charge is 0.497 e. The van der Waals surface area contributed by atoms with Gasteiger partial charge in [0.25, 0.3) is 0 Å². The van der Waals surface area contributed by atoms with E-state index in [0.29, 0.717) is 13.1 Å². The first kappa shape index (κ1) is 16.6. The molecule has 1 saturated carbocycles. The van der Waals surface area contributed by atoms with Crippen LogP contribution in [0.15, 0.2) is 24.3 Å². The topological polar surface area (TPSA) is 61.9 Å². The van der Waals surface area contributed by atoms with Crippen LogP contribution in [0.25, 0.3) is 0 Å². The predicted molar refractivity (Wildman–Crippen MR) is 92.2 cm³/mol. The van der Waals surface area contributed by atoms with E-state index in [1.165, 1.54) is 0 Å². The van der Waals surface area contributed by atoms with Gasteiger partial charge in [0.1, 0.15) is 5.75 Å². The molecule has 0 spiro atoms. The molecule has 0 atom stereocenters. The lowest BCUT2D eigenvalue weighted by molar-refractivity contribution is -0.146. The maximum absolute atomic E-state index is 12.3. The highest BCUT2D eigenvalue weighted by Crippen LogP contribution is 2.21. The third kappa shape index (κ3) is 3.80. The van der Waals surface area contributed by atoms with Crippen molar-refractivity contribution in [1.29, 1.82) is 0 Å². The smallest absolute Gasteiger partial charge is 0.312 e. The molecule has 130 valence electrons. The van der Waals surface area contributed by atoms with Gasteiger partial charge in [-0.05, 0) is 37.1 Å². The van der Waals surface area contributed by atoms with E-state index in [2.05, 4.69) is 10.2 Å². The van der Waals surface area contributed by atoms with Crippen LogP contribution in [0.4, 0.5) is 5.69 Å². The van der Waals surface area contributed by atoms with Gasteiger partial charge in [-0.25, -0.2) is 0 Å². The second kappa shape index (κ2) is 7.55. The van der Waals surface area contributed by atoms with Crippen molar-refractivity contribution < 1.29 is 14.3 Å². The van der Waals surface area contributed by atoms with E-state index in [1.54, 1.807) is 12.0 Å². The molecule has 0 bridgehead atoms. The molecule has 6 heteroatoms. The summed E-state index contributed by atoms with van der Waals surface area (Å²) in [6.45, 7) is 2.61. The van der Waals surface area contributed by atoms with Crippen LogP contribution in [0.5, 0.6) is 5.75 Å². The molecule has 1 aliphatic carbocycles. The van der Waals surface area contributed by atoms with Gasteiger partial charge in [-0.1, -0.05) is 12.8 Å². The Morgan fingerprint density at radius 2 is 1.67 bits per heavy atom. The minimum Gasteiger partial charge on any atom is -0.497 e. The first-order chi connectivity index (χ1) is 11.7. The zero-order valence-electron chi connectivity index (χ0n) is 14.2. The van der Waals surface area contributed by atoms with Crippen LogP contribution in [0, 0.1) is 0 Å². The van der Waals surface area contributed by atoms with Crippen molar-refractivity contribution in [2.75, 3.05) is 38.2 Å². The van der Waals surface area contributed by atoms with E-state index >= 15 is 0 Å². The van der Waals surface area contributed by atoms with Crippen molar-refractivity contribution >= 4 is 17.5 Å². The third-order valence-corrected chi connectivity index (χ3v) is 4.89. The fourth-order valence-electron chi connectivity index (χ4n) is 3.42. The van der Waals surface area contributed by atoms with Gasteiger partial charge in [-0.15, -0.1) is 0 Å². The third-order valence-electron chi connectivity index (χ3n) is 4.89. The summed E-state index contributed by atoms with van der Waals surface area (Å²) >= 11 is 0. The SMILES string of the molecule is COc1ccc(N2CCN(C(=O)C(=O)NC3CCCC3)CC2)cc1. The number of benzene rings is 1. The summed E-state index contributed by atoms with van der Waals surface area (Å²) in [5, 5.41) is 2.87. The van der Waals surface area contributed by atoms with E-state index in [9.17, 15) is 9.59 Å². The van der Waals surface area contributed by atoms with Gasteiger partial charge in [0.2, 0.25) is 0 Å². The number of rotatable bonds is 3. The Labute approximate surface area is 142 Å². The molecule has 1 aliphatic heterocycles. The summed E-state index contributed by atoms with van der Waals surface area (Å²) in [6, 6.07) is 8.08. The first-order valence-corrected chi connectivity index (χ1v) is 8.66. The maximum atomic E-state index is 12.3. The Morgan fingerprint density at radius 3 is 2.25 bits per heavy atom. The van der Waals surface area contributed by atoms with Gasteiger partial charge >= 0.3 is 11.8 Å². The van der Waals surface area contributed by atoms with E-state index in [-0.39, 0.29) is 6.04 Å². The van der Waals surface area contributed by atoms with Gasteiger partial charge in [0.05, 0.1) is 7.11 Å². The zero-order valence-corrected chi connectivity index (χ0v) is 14.2. The first-order valence-electron chi connectivity index (χ1n) is 8.66. The Kier molecular flexibility index (Phi) is 5.23. The fourth-order valence-corrected chi connectivity index (χ4v) is 3.42. The van der Waals surface area contributed by atoms with Crippen LogP contribution in [0.1, 0.15) is 25.7 Å². The molecule has 1 aromatic rings. The number of ether oxygens (including phenoxy) is 1. The molecule has 2 fully saturated rings. The number of carbonyl (C=O) groups excluding carboxylic acids is 2. The molecule has 0 radical (unpaired) electrons. The monoisotopic (exact) mass is 331 g/mol. The molecule has 2 aliphatic rings. The normalized spacial score (nSPS) is 18.5. The highest BCUT2D eigenvalue weighted by Gasteiger charge is 2.28. The number of carbonyl (C=O) groups is 2. The number of nitrogens with zero attached hydrogens (tertiary/aromatic N) is 2. The highest BCUT2D eigenvalue weighted by atomic mass is 16.5. The van der Waals surface area contributed by atoms with E-state index in [1.807, 2.05) is 24.3 Å². The standard InChI is InChI=1S/C18H25N3O3/c1-24-16-8-6-15(7-9-16)20-10-12-21(13-11-20)18(23)17(22)19-14-4-2-3-5-14/h6-9,14H,2-5,10-13H2,1H3,(H,19,22). The number of amides is 2. The second-order valence-electron chi connectivity index (χ2n) is 6.43. The number of hydrogen-bond donors (Lipinski definition) is 1. The van der Waals surface area contributed by atoms with Crippen LogP contribution in [-0.4, -0.2) is 56.0 Å². The van der Waals surface area contributed by atoms with Crippen LogP contribution in [0.3, 0.4) is 0 Å². The van der Waals surface area contributed by atoms with E-state index in [0.717, 1.165) is 50.2 Å². The Hall–Kier alpha value is -2.24. The molecule has 1 saturated heterocycles. The minimum absolute atomic E-state index is 0.182. The maximum Gasteiger partial charge on any atom is 0.312 e. The van der Waals surface area contributed by atoms with Crippen molar-refractivity contribution in [1.82, 2.24) is 10.2 Å². The number of anilines is 1. The molecular formula is C18H25N3O3. The quantitative estimate of drug-likeness (QED) is 0.851. The molecule has 1 heterocycles. The van der Waals surface area contributed by atoms with Crippen molar-refractivity contribution in [3.63, 3.8) is 0 Å². The van der Waals surface area contributed by atoms with E-state index in [4.69, 9.17) is 4.74 Å². The van der Waals surface area contributed by atoms with Gasteiger partial charge in [-0.3, -0.25) is 9.59 Å². The molecule has 1 N–H and O–H groups in total. The molecule has 6 nitrogen and oxygen atoms in total. The van der Waals surface area contributed by atoms with Gasteiger partial charge in [-0.2, -0.15) is 0 Å². The number of piperazine rings is 1. The second-order valence-corrected chi connectivity index (χ2v) is 6.43. The molecule has 2 amide bonds. The average Bonchev–Trinajstić information content (AvgIpc) is 3.14. The van der Waals surface area contributed by atoms with Crippen molar-refractivity contribution in [2.24, 2.45) is 0 Å². The van der Waals surface area contributed by atoms with Crippen molar-refractivity contribution in [3.05, 3.63) is 24.3 Å². The van der Waals surface area contributed by atoms with Crippen LogP contribution >= 0.6 is 0 Å². The Bertz CT molecular complexity index is 574. The number of hydrogen-bond acceptors (Lipinski definition) is 4. The lowest BCUT2D eigenvalue weighted by Gasteiger charge is -2.35. The lowest BCUT2D eigenvalue weighted by atomic mass is 10.2. The Balaban J connectivity index is 1.50. The highest BCUT2D eigenvalue weighted by molar-refractivity contribution is 6.35. The molecular weight excluding hydrogens is 306 g/mol. The summed E-state index contributed by atoms with van der Waals surface area (Å²) < 4.78 is 5.17. The van der Waals surface area contributed by atoms with E-state index < -0.39 is 11.8 Å². The van der Waals surface area contributed by atoms with Gasteiger partial charge in [0, 0.05) is 37.9 Å². The van der Waals surface area contributed by atoms with Gasteiger partial charge in [0.15, 0.2) is 0 Å². The zero-order chi connectivity index (χ0) is 16.9. The van der Waals surface area contributed by atoms with Crippen LogP contribution in [-0.2, 0) is 9.59 Å². The number of nitrogens with one attached hydrogen (secondary N) is 1. The minimum atomic E-state index is -0.445. The Morgan fingerprint density at radius 1 is 1.04 bits per heavy atom. The van der Waals surface area contributed by atoms with Crippen molar-refractivity contribution in [3.8, 4) is 5.75 Å². The predicted octanol–water partition coefficient (Wildman–Crippen LogP) is 1.40. The van der Waals surface area contributed by atoms with Crippen LogP contribution < -0.4 is 15.0 Å². The molecule has 0 aromatic heterocycles. The summed E-state index contributed by atoms with van der Waals surface area (Å²) in [5.74, 6) is -0.00720. The van der Waals surface area contributed by atoms with Crippen LogP contribution in [0.2, 0.25) is 0 Å². The summed E-state index contributed by atoms with van der Waals surface area (Å²) in [5.41, 5.74) is 1.11. The molecule has 1 aromatic carbocycles. The number of methoxy groups -OCH3 is 1. The summed E-state index contributed by atoms with van der Waals surface area (Å²) in [6.07, 6.45) is 4.26. The molecule has 3 rings (SSSR count). The lowest BCUT2D eigenvalue weighted by Crippen LogP contribution is -2.53. The fraction of sp³-hybridized carbons (Fsp3) is 0.556. The average molecular weight is 331 g/mol. The van der Waals surface area contributed by atoms with Crippen molar-refractivity contribution in [2.45, 2.75) is 31.7 Å². The van der Waals surface area contributed by atoms with Gasteiger partial charge < -0.3 is 19.9 Å². The summed E-state index contributed by atoms with van der Waals surface area (Å²) in [7, 11) is 1.65. The molecule has 24 heavy (non-hydrogen) atoms. The summed E-state index contributed by atoms with van der Waals surface area (Å²) in [4.78, 5) is 28.3.